The Morgan fingerprint density at radius 3 is 1.60 bits per heavy atom. The van der Waals surface area contributed by atoms with Gasteiger partial charge in [0.15, 0.2) is 0 Å². The zero-order chi connectivity index (χ0) is 51.7. The minimum absolute atomic E-state index is 0.0365. The molecule has 7 rings (SSSR count). The second-order valence-electron chi connectivity index (χ2n) is 17.7. The van der Waals surface area contributed by atoms with Gasteiger partial charge in [-0.05, 0) is 177 Å². The van der Waals surface area contributed by atoms with E-state index in [2.05, 4.69) is 106 Å². The van der Waals surface area contributed by atoms with Crippen LogP contribution in [0.4, 0.5) is 0 Å². The first-order valence-corrected chi connectivity index (χ1v) is 32.6. The average molecular weight is 1080 g/mol. The van der Waals surface area contributed by atoms with Gasteiger partial charge in [0.05, 0.1) is 6.17 Å². The Labute approximate surface area is 445 Å². The van der Waals surface area contributed by atoms with E-state index < -0.39 is 23.5 Å². The van der Waals surface area contributed by atoms with E-state index in [-0.39, 0.29) is 11.7 Å². The largest absolute Gasteiger partial charge is 0.521 e. The minimum atomic E-state index is -3.36. The van der Waals surface area contributed by atoms with Crippen LogP contribution < -0.4 is 0 Å². The van der Waals surface area contributed by atoms with Gasteiger partial charge < -0.3 is 36.0 Å². The summed E-state index contributed by atoms with van der Waals surface area (Å²) in [6, 6.07) is 25.9. The Kier molecular flexibility index (Phi) is 19.3. The summed E-state index contributed by atoms with van der Waals surface area (Å²) in [5.41, 5.74) is 9.98. The third-order valence-corrected chi connectivity index (χ3v) is 24.3. The van der Waals surface area contributed by atoms with Gasteiger partial charge in [-0.2, -0.15) is 5.26 Å². The third-order valence-electron chi connectivity index (χ3n) is 12.7. The summed E-state index contributed by atoms with van der Waals surface area (Å²) in [5, 5.41) is 13.3. The molecule has 7 aromatic rings. The second-order valence-corrected chi connectivity index (χ2v) is 27.2. The van der Waals surface area contributed by atoms with Gasteiger partial charge in [-0.1, -0.05) is 19.1 Å². The topological polar surface area (TPSA) is 104 Å². The molecule has 72 heavy (non-hydrogen) atoms. The average Bonchev–Trinajstić information content (AvgIpc) is 4.19. The standard InChI is InChI=1S/C56H71N3O7S4Si2/c1-13-41-22-24-46-44(32-41)45-33-42(23-25-47(45)59(46)14-2)49-29-38(10)54(68-49)51-31-40(12)55(70-51)52-30-39(11)53(69-52)50-28-37(9)48(67-50)34-43(35-57)56(60)58(36-72(64-18-6,65-19-7)66-20-8)26-21-27-71(61-15-3,62-16-4)63-17-5/h22-25,28-34H,13-21,26-27,36H2,1-12H3/b43-34+. The number of carbonyl (C=O) groups is 1. The molecule has 0 radical (unpaired) electrons. The van der Waals surface area contributed by atoms with Crippen LogP contribution in [0.25, 0.3) is 67.6 Å². The molecule has 0 saturated heterocycles. The number of thiophene rings is 4. The van der Waals surface area contributed by atoms with Crippen LogP contribution >= 0.6 is 45.3 Å². The van der Waals surface area contributed by atoms with Crippen molar-refractivity contribution < 1.29 is 31.4 Å². The van der Waals surface area contributed by atoms with Crippen LogP contribution in [0.2, 0.25) is 6.04 Å². The summed E-state index contributed by atoms with van der Waals surface area (Å²) in [4.78, 5) is 25.9. The molecule has 0 fully saturated rings. The number of nitriles is 1. The zero-order valence-corrected chi connectivity index (χ0v) is 49.4. The van der Waals surface area contributed by atoms with E-state index in [1.165, 1.54) is 78.9 Å². The van der Waals surface area contributed by atoms with Gasteiger partial charge >= 0.3 is 17.6 Å². The van der Waals surface area contributed by atoms with Crippen molar-refractivity contribution in [3.8, 4) is 45.8 Å². The van der Waals surface area contributed by atoms with Crippen LogP contribution in [0.15, 0.2) is 66.2 Å². The number of hydrogen-bond donors (Lipinski definition) is 0. The molecule has 0 aliphatic rings. The molecule has 5 aromatic heterocycles. The van der Waals surface area contributed by atoms with E-state index in [1.807, 2.05) is 71.1 Å². The Bertz CT molecular complexity index is 3030. The van der Waals surface area contributed by atoms with Crippen molar-refractivity contribution in [2.24, 2.45) is 0 Å². The molecule has 0 spiro atoms. The number of benzene rings is 2. The lowest BCUT2D eigenvalue weighted by atomic mass is 10.1. The first kappa shape index (κ1) is 55.7. The molecular formula is C56H71N3O7S4Si2. The minimum Gasteiger partial charge on any atom is -0.374 e. The number of aryl methyl sites for hydroxylation is 6. The first-order valence-electron chi connectivity index (χ1n) is 25.5. The van der Waals surface area contributed by atoms with Gasteiger partial charge in [0.2, 0.25) is 0 Å². The Hall–Kier alpha value is -4.07. The van der Waals surface area contributed by atoms with Crippen molar-refractivity contribution >= 4 is 96.7 Å². The fourth-order valence-corrected chi connectivity index (χ4v) is 19.8. The van der Waals surface area contributed by atoms with Crippen LogP contribution in [0, 0.1) is 39.0 Å². The zero-order valence-electron chi connectivity index (χ0n) is 44.2. The summed E-state index contributed by atoms with van der Waals surface area (Å²) in [6.07, 6.45) is 3.38. The van der Waals surface area contributed by atoms with Crippen molar-refractivity contribution in [2.45, 2.75) is 109 Å². The van der Waals surface area contributed by atoms with Gasteiger partial charge in [0, 0.05) is 120 Å². The fraction of sp³-hybridized carbons (Fsp3) is 0.429. The second kappa shape index (κ2) is 25.0. The van der Waals surface area contributed by atoms with Crippen molar-refractivity contribution in [3.05, 3.63) is 98.9 Å². The lowest BCUT2D eigenvalue weighted by Crippen LogP contribution is -2.57. The molecule has 16 heteroatoms. The van der Waals surface area contributed by atoms with E-state index in [4.69, 9.17) is 26.6 Å². The highest BCUT2D eigenvalue weighted by atomic mass is 32.1. The van der Waals surface area contributed by atoms with Gasteiger partial charge in [-0.3, -0.25) is 4.79 Å². The van der Waals surface area contributed by atoms with Crippen molar-refractivity contribution in [2.75, 3.05) is 52.4 Å². The van der Waals surface area contributed by atoms with Crippen LogP contribution in [0.1, 0.15) is 94.5 Å². The molecule has 0 aliphatic heterocycles. The summed E-state index contributed by atoms with van der Waals surface area (Å²) in [6.45, 7) is 28.3. The van der Waals surface area contributed by atoms with Gasteiger partial charge in [-0.25, -0.2) is 0 Å². The number of fused-ring (bicyclic) bond motifs is 3. The van der Waals surface area contributed by atoms with E-state index >= 15 is 0 Å². The Morgan fingerprint density at radius 2 is 1.08 bits per heavy atom. The van der Waals surface area contributed by atoms with E-state index in [0.29, 0.717) is 58.7 Å². The maximum Gasteiger partial charge on any atom is 0.521 e. The molecule has 0 unspecified atom stereocenters. The SMILES string of the molecule is CCO[Si](CCCN(C[Si](OCC)(OCC)OCC)C(=O)/C(C#N)=C/c1sc(-c2sc(-c3sc(-c4sc(-c5ccc6c(c5)c5cc(CC)ccc5n6CC)cc4C)cc3C)cc2C)cc1C)(OCC)OCC. The number of carbonyl (C=O) groups excluding carboxylic acids is 1. The van der Waals surface area contributed by atoms with Crippen molar-refractivity contribution in [1.82, 2.24) is 9.47 Å². The summed E-state index contributed by atoms with van der Waals surface area (Å²) >= 11 is 7.14. The first-order chi connectivity index (χ1) is 34.7. The van der Waals surface area contributed by atoms with E-state index in [0.717, 1.165) is 28.3 Å². The number of aromatic nitrogens is 1. The molecule has 384 valence electrons. The number of nitrogens with zero attached hydrogens (tertiary/aromatic N) is 3. The predicted molar refractivity (Wildman–Crippen MR) is 308 cm³/mol. The van der Waals surface area contributed by atoms with Crippen LogP contribution in [-0.2, 0) is 44.3 Å². The molecule has 0 N–H and O–H groups in total. The number of hydrogen-bond acceptors (Lipinski definition) is 12. The molecule has 0 atom stereocenters. The molecule has 5 heterocycles. The number of rotatable bonds is 26. The highest BCUT2D eigenvalue weighted by Gasteiger charge is 2.45. The molecule has 10 nitrogen and oxygen atoms in total. The molecular weight excluding hydrogens is 1010 g/mol. The molecule has 0 bridgehead atoms. The maximum absolute atomic E-state index is 14.7. The lowest BCUT2D eigenvalue weighted by Gasteiger charge is -2.34. The fourth-order valence-electron chi connectivity index (χ4n) is 9.50. The molecule has 2 aromatic carbocycles. The van der Waals surface area contributed by atoms with Crippen LogP contribution in [0.3, 0.4) is 0 Å². The van der Waals surface area contributed by atoms with Gasteiger partial charge in [0.25, 0.3) is 5.91 Å². The monoisotopic (exact) mass is 1080 g/mol. The summed E-state index contributed by atoms with van der Waals surface area (Å²) in [5.74, 6) is -0.405. The van der Waals surface area contributed by atoms with E-state index in [1.54, 1.807) is 33.6 Å². The predicted octanol–water partition coefficient (Wildman–Crippen LogP) is 15.3. The van der Waals surface area contributed by atoms with E-state index in [9.17, 15) is 10.1 Å². The quantitative estimate of drug-likeness (QED) is 0.0300. The van der Waals surface area contributed by atoms with Crippen molar-refractivity contribution in [3.63, 3.8) is 0 Å². The third kappa shape index (κ3) is 12.0. The summed E-state index contributed by atoms with van der Waals surface area (Å²) < 4.78 is 39.5. The lowest BCUT2D eigenvalue weighted by molar-refractivity contribution is -0.126. The Morgan fingerprint density at radius 1 is 0.611 bits per heavy atom. The summed E-state index contributed by atoms with van der Waals surface area (Å²) in [7, 11) is -6.37. The Balaban J connectivity index is 1.15. The maximum atomic E-state index is 14.7. The normalized spacial score (nSPS) is 12.5. The van der Waals surface area contributed by atoms with Crippen molar-refractivity contribution in [1.29, 1.82) is 5.26 Å². The van der Waals surface area contributed by atoms with Gasteiger partial charge in [0.1, 0.15) is 11.6 Å². The highest BCUT2D eigenvalue weighted by Crippen LogP contribution is 2.49. The molecule has 1 amide bonds. The van der Waals surface area contributed by atoms with Crippen LogP contribution in [0.5, 0.6) is 0 Å². The van der Waals surface area contributed by atoms with Crippen LogP contribution in [-0.4, -0.2) is 85.3 Å². The molecule has 0 saturated carbocycles. The number of amides is 1. The molecule has 0 aliphatic carbocycles. The highest BCUT2D eigenvalue weighted by molar-refractivity contribution is 7.29. The smallest absolute Gasteiger partial charge is 0.374 e. The van der Waals surface area contributed by atoms with Gasteiger partial charge in [-0.15, -0.1) is 45.3 Å².